The molecule has 0 amide bonds. The largest absolute Gasteiger partial charge is 0.496 e. The third kappa shape index (κ3) is 5.08. The maximum absolute atomic E-state index is 12.1. The summed E-state index contributed by atoms with van der Waals surface area (Å²) in [7, 11) is 1.57. The zero-order chi connectivity index (χ0) is 20.8. The highest BCUT2D eigenvalue weighted by Crippen LogP contribution is 2.26. The van der Waals surface area contributed by atoms with Crippen LogP contribution in [-0.2, 0) is 6.61 Å². The molecule has 3 rings (SSSR count). The van der Waals surface area contributed by atoms with Crippen LogP contribution in [0.4, 0.5) is 5.69 Å². The van der Waals surface area contributed by atoms with Crippen LogP contribution < -0.4 is 9.47 Å². The number of hydrogen-bond donors (Lipinski definition) is 0. The standard InChI is InChI=1S/C22H19NO5S/c1-15-12-18(7-8-19(15)23(25)26)28-14-17-13-16(6-10-21(17)27-2)5-9-20(24)22-4-3-11-29-22/h3-13H,14H2,1-2H3/b9-5+. The van der Waals surface area contributed by atoms with Crippen molar-refractivity contribution in [2.24, 2.45) is 0 Å². The second-order valence-electron chi connectivity index (χ2n) is 6.24. The summed E-state index contributed by atoms with van der Waals surface area (Å²) in [6.45, 7) is 1.89. The average Bonchev–Trinajstić information content (AvgIpc) is 3.25. The fourth-order valence-corrected chi connectivity index (χ4v) is 3.42. The summed E-state index contributed by atoms with van der Waals surface area (Å²) in [5.41, 5.74) is 2.23. The van der Waals surface area contributed by atoms with E-state index in [2.05, 4.69) is 0 Å². The predicted molar refractivity (Wildman–Crippen MR) is 113 cm³/mol. The fraction of sp³-hybridized carbons (Fsp3) is 0.136. The third-order valence-corrected chi connectivity index (χ3v) is 5.14. The van der Waals surface area contributed by atoms with Crippen molar-refractivity contribution in [3.8, 4) is 11.5 Å². The number of nitrogens with zero attached hydrogens (tertiary/aromatic N) is 1. The van der Waals surface area contributed by atoms with Gasteiger partial charge in [0.05, 0.1) is 16.9 Å². The van der Waals surface area contributed by atoms with Gasteiger partial charge in [-0.05, 0) is 54.3 Å². The summed E-state index contributed by atoms with van der Waals surface area (Å²) in [4.78, 5) is 23.3. The Kier molecular flexibility index (Phi) is 6.41. The minimum absolute atomic E-state index is 0.0463. The Labute approximate surface area is 172 Å². The molecule has 0 fully saturated rings. The van der Waals surface area contributed by atoms with Gasteiger partial charge in [0.2, 0.25) is 0 Å². The Morgan fingerprint density at radius 2 is 2.03 bits per heavy atom. The van der Waals surface area contributed by atoms with E-state index in [0.29, 0.717) is 21.9 Å². The molecule has 0 atom stereocenters. The Hall–Kier alpha value is -3.45. The van der Waals surface area contributed by atoms with Gasteiger partial charge in [-0.1, -0.05) is 18.2 Å². The number of methoxy groups -OCH3 is 1. The quantitative estimate of drug-likeness (QED) is 0.214. The maximum Gasteiger partial charge on any atom is 0.272 e. The molecule has 148 valence electrons. The van der Waals surface area contributed by atoms with E-state index < -0.39 is 4.92 Å². The van der Waals surface area contributed by atoms with Crippen molar-refractivity contribution in [3.63, 3.8) is 0 Å². The summed E-state index contributed by atoms with van der Waals surface area (Å²) in [5, 5.41) is 12.8. The van der Waals surface area contributed by atoms with Gasteiger partial charge in [-0.2, -0.15) is 0 Å². The Balaban J connectivity index is 1.74. The summed E-state index contributed by atoms with van der Waals surface area (Å²) < 4.78 is 11.2. The lowest BCUT2D eigenvalue weighted by Gasteiger charge is -2.12. The number of nitro benzene ring substituents is 1. The number of rotatable bonds is 8. The Morgan fingerprint density at radius 1 is 1.21 bits per heavy atom. The van der Waals surface area contributed by atoms with Crippen molar-refractivity contribution >= 4 is 28.9 Å². The van der Waals surface area contributed by atoms with E-state index in [4.69, 9.17) is 9.47 Å². The number of benzene rings is 2. The van der Waals surface area contributed by atoms with Crippen molar-refractivity contribution in [1.29, 1.82) is 0 Å². The summed E-state index contributed by atoms with van der Waals surface area (Å²) >= 11 is 1.40. The lowest BCUT2D eigenvalue weighted by Crippen LogP contribution is -2.00. The van der Waals surface area contributed by atoms with Gasteiger partial charge < -0.3 is 9.47 Å². The second-order valence-corrected chi connectivity index (χ2v) is 7.19. The molecule has 0 saturated carbocycles. The molecule has 7 heteroatoms. The molecule has 1 heterocycles. The number of thiophene rings is 1. The number of nitro groups is 1. The van der Waals surface area contributed by atoms with E-state index in [0.717, 1.165) is 11.1 Å². The van der Waals surface area contributed by atoms with E-state index in [-0.39, 0.29) is 18.1 Å². The molecule has 3 aromatic rings. The van der Waals surface area contributed by atoms with Crippen LogP contribution >= 0.6 is 11.3 Å². The minimum Gasteiger partial charge on any atom is -0.496 e. The molecule has 0 spiro atoms. The molecule has 29 heavy (non-hydrogen) atoms. The van der Waals surface area contributed by atoms with Gasteiger partial charge in [0, 0.05) is 17.2 Å². The number of allylic oxidation sites excluding steroid dienone is 1. The highest BCUT2D eigenvalue weighted by Gasteiger charge is 2.11. The molecular weight excluding hydrogens is 390 g/mol. The Morgan fingerprint density at radius 3 is 2.69 bits per heavy atom. The molecule has 0 N–H and O–H groups in total. The summed E-state index contributed by atoms with van der Waals surface area (Å²) in [6, 6.07) is 13.8. The number of aryl methyl sites for hydroxylation is 1. The van der Waals surface area contributed by atoms with E-state index in [1.54, 1.807) is 38.3 Å². The number of carbonyl (C=O) groups excluding carboxylic acids is 1. The molecule has 0 aliphatic carbocycles. The SMILES string of the molecule is COc1ccc(/C=C/C(=O)c2cccs2)cc1COc1ccc([N+](=O)[O-])c(C)c1. The van der Waals surface area contributed by atoms with Crippen molar-refractivity contribution < 1.29 is 19.2 Å². The van der Waals surface area contributed by atoms with E-state index in [9.17, 15) is 14.9 Å². The van der Waals surface area contributed by atoms with Gasteiger partial charge in [0.15, 0.2) is 5.78 Å². The number of ketones is 1. The molecule has 0 radical (unpaired) electrons. The van der Waals surface area contributed by atoms with Crippen molar-refractivity contribution in [2.45, 2.75) is 13.5 Å². The molecule has 0 bridgehead atoms. The third-order valence-electron chi connectivity index (χ3n) is 4.25. The molecule has 0 aliphatic rings. The molecule has 0 aliphatic heterocycles. The zero-order valence-electron chi connectivity index (χ0n) is 16.0. The van der Waals surface area contributed by atoms with E-state index in [1.165, 1.54) is 23.5 Å². The lowest BCUT2D eigenvalue weighted by molar-refractivity contribution is -0.385. The van der Waals surface area contributed by atoms with Crippen LogP contribution in [0.25, 0.3) is 6.08 Å². The number of carbonyl (C=O) groups is 1. The molecular formula is C22H19NO5S. The topological polar surface area (TPSA) is 78.7 Å². The highest BCUT2D eigenvalue weighted by atomic mass is 32.1. The Bertz CT molecular complexity index is 1060. The van der Waals surface area contributed by atoms with Gasteiger partial charge in [-0.3, -0.25) is 14.9 Å². The first kappa shape index (κ1) is 20.3. The van der Waals surface area contributed by atoms with Crippen LogP contribution in [0.2, 0.25) is 0 Å². The van der Waals surface area contributed by atoms with E-state index in [1.807, 2.05) is 29.6 Å². The van der Waals surface area contributed by atoms with Crippen LogP contribution in [0, 0.1) is 17.0 Å². The average molecular weight is 409 g/mol. The number of hydrogen-bond acceptors (Lipinski definition) is 6. The van der Waals surface area contributed by atoms with Crippen molar-refractivity contribution in [3.05, 3.63) is 91.7 Å². The van der Waals surface area contributed by atoms with Crippen LogP contribution in [0.1, 0.15) is 26.4 Å². The molecule has 0 unspecified atom stereocenters. The monoisotopic (exact) mass is 409 g/mol. The second kappa shape index (κ2) is 9.16. The maximum atomic E-state index is 12.1. The highest BCUT2D eigenvalue weighted by molar-refractivity contribution is 7.12. The van der Waals surface area contributed by atoms with Crippen LogP contribution in [-0.4, -0.2) is 17.8 Å². The predicted octanol–water partition coefficient (Wildman–Crippen LogP) is 5.45. The normalized spacial score (nSPS) is 10.8. The first-order chi connectivity index (χ1) is 14.0. The molecule has 0 saturated heterocycles. The van der Waals surface area contributed by atoms with Crippen molar-refractivity contribution in [1.82, 2.24) is 0 Å². The number of ether oxygens (including phenoxy) is 2. The fourth-order valence-electron chi connectivity index (χ4n) is 2.77. The first-order valence-electron chi connectivity index (χ1n) is 8.78. The van der Waals surface area contributed by atoms with Crippen LogP contribution in [0.3, 0.4) is 0 Å². The van der Waals surface area contributed by atoms with Gasteiger partial charge in [-0.15, -0.1) is 11.3 Å². The van der Waals surface area contributed by atoms with Crippen LogP contribution in [0.15, 0.2) is 60.0 Å². The molecule has 6 nitrogen and oxygen atoms in total. The van der Waals surface area contributed by atoms with Crippen LogP contribution in [0.5, 0.6) is 11.5 Å². The molecule has 1 aromatic heterocycles. The van der Waals surface area contributed by atoms with Crippen molar-refractivity contribution in [2.75, 3.05) is 7.11 Å². The molecule has 2 aromatic carbocycles. The zero-order valence-corrected chi connectivity index (χ0v) is 16.8. The van der Waals surface area contributed by atoms with Gasteiger partial charge >= 0.3 is 0 Å². The lowest BCUT2D eigenvalue weighted by atomic mass is 10.1. The van der Waals surface area contributed by atoms with E-state index >= 15 is 0 Å². The van der Waals surface area contributed by atoms with Gasteiger partial charge in [0.1, 0.15) is 18.1 Å². The van der Waals surface area contributed by atoms with Gasteiger partial charge in [-0.25, -0.2) is 0 Å². The first-order valence-corrected chi connectivity index (χ1v) is 9.66. The smallest absolute Gasteiger partial charge is 0.272 e. The summed E-state index contributed by atoms with van der Waals surface area (Å²) in [6.07, 6.45) is 3.29. The minimum atomic E-state index is -0.421. The summed E-state index contributed by atoms with van der Waals surface area (Å²) in [5.74, 6) is 1.14. The van der Waals surface area contributed by atoms with Gasteiger partial charge in [0.25, 0.3) is 5.69 Å².